The van der Waals surface area contributed by atoms with Gasteiger partial charge in [-0.25, -0.2) is 4.39 Å². The van der Waals surface area contributed by atoms with Gasteiger partial charge in [0.05, 0.1) is 10.7 Å². The Morgan fingerprint density at radius 3 is 2.43 bits per heavy atom. The lowest BCUT2D eigenvalue weighted by Gasteiger charge is -2.14. The number of rotatable bonds is 13. The first-order valence-corrected chi connectivity index (χ1v) is 11.0. The van der Waals surface area contributed by atoms with E-state index in [9.17, 15) is 18.8 Å². The maximum Gasteiger partial charge on any atom is 0.262 e. The third kappa shape index (κ3) is 10.2. The second-order valence-electron chi connectivity index (χ2n) is 7.03. The monoisotopic (exact) mass is 527 g/mol. The molecule has 0 saturated carbocycles. The Hall–Kier alpha value is -3.34. The largest absolute Gasteiger partial charge is 0.484 e. The maximum absolute atomic E-state index is 13.4. The summed E-state index contributed by atoms with van der Waals surface area (Å²) in [6.45, 7) is 3.08. The molecule has 0 bridgehead atoms. The van der Waals surface area contributed by atoms with Crippen molar-refractivity contribution in [2.45, 2.75) is 6.42 Å². The van der Waals surface area contributed by atoms with Crippen LogP contribution in [0.1, 0.15) is 6.42 Å². The Balaban J connectivity index is 1.71. The van der Waals surface area contributed by atoms with E-state index in [0.29, 0.717) is 10.7 Å². The van der Waals surface area contributed by atoms with Crippen LogP contribution in [0.5, 0.6) is 11.5 Å². The Morgan fingerprint density at radius 2 is 1.71 bits per heavy atom. The van der Waals surface area contributed by atoms with Crippen LogP contribution in [0.3, 0.4) is 0 Å². The maximum atomic E-state index is 13.4. The van der Waals surface area contributed by atoms with Crippen molar-refractivity contribution in [3.05, 3.63) is 64.5 Å². The summed E-state index contributed by atoms with van der Waals surface area (Å²) in [5.74, 6) is -1.57. The highest BCUT2D eigenvalue weighted by Crippen LogP contribution is 2.28. The summed E-state index contributed by atoms with van der Waals surface area (Å²) in [6, 6.07) is 8.40. The Kier molecular flexibility index (Phi) is 11.3. The lowest BCUT2D eigenvalue weighted by Crippen LogP contribution is -2.33. The van der Waals surface area contributed by atoms with Crippen LogP contribution in [-0.2, 0) is 19.1 Å². The molecule has 2 rings (SSSR count). The number of carbonyl (C=O) groups excluding carboxylic acids is 3. The fourth-order valence-electron chi connectivity index (χ4n) is 2.60. The van der Waals surface area contributed by atoms with Gasteiger partial charge in [-0.2, -0.15) is 0 Å². The molecule has 0 fully saturated rings. The first-order chi connectivity index (χ1) is 16.7. The molecule has 0 radical (unpaired) electrons. The van der Waals surface area contributed by atoms with Gasteiger partial charge in [0.2, 0.25) is 5.91 Å². The summed E-state index contributed by atoms with van der Waals surface area (Å²) in [6.07, 6.45) is 0.256. The predicted molar refractivity (Wildman–Crippen MR) is 129 cm³/mol. The van der Waals surface area contributed by atoms with E-state index in [2.05, 4.69) is 22.5 Å². The van der Waals surface area contributed by atoms with Gasteiger partial charge >= 0.3 is 0 Å². The zero-order valence-corrected chi connectivity index (χ0v) is 20.3. The topological polar surface area (TPSA) is 115 Å². The van der Waals surface area contributed by atoms with Crippen molar-refractivity contribution in [3.8, 4) is 11.5 Å². The number of hydrogen-bond donors (Lipinski definition) is 3. The van der Waals surface area contributed by atoms with E-state index in [0.717, 1.165) is 6.07 Å². The summed E-state index contributed by atoms with van der Waals surface area (Å²) in [7, 11) is 1.38. The van der Waals surface area contributed by atoms with Gasteiger partial charge in [-0.15, -0.1) is 0 Å². The van der Waals surface area contributed by atoms with Gasteiger partial charge in [-0.05, 0) is 30.3 Å². The molecule has 188 valence electrons. The molecule has 12 heteroatoms. The highest BCUT2D eigenvalue weighted by molar-refractivity contribution is 6.31. The smallest absolute Gasteiger partial charge is 0.262 e. The minimum atomic E-state index is -0.649. The summed E-state index contributed by atoms with van der Waals surface area (Å²) in [4.78, 5) is 35.8. The normalized spacial score (nSPS) is 10.3. The highest BCUT2D eigenvalue weighted by Gasteiger charge is 2.12. The van der Waals surface area contributed by atoms with Crippen molar-refractivity contribution in [2.75, 3.05) is 38.8 Å². The first-order valence-electron chi connectivity index (χ1n) is 10.2. The fourth-order valence-corrected chi connectivity index (χ4v) is 2.89. The van der Waals surface area contributed by atoms with E-state index < -0.39 is 23.5 Å². The summed E-state index contributed by atoms with van der Waals surface area (Å²) >= 11 is 11.5. The van der Waals surface area contributed by atoms with E-state index in [4.69, 9.17) is 37.4 Å². The minimum Gasteiger partial charge on any atom is -0.484 e. The molecule has 2 aromatic carbocycles. The Bertz CT molecular complexity index is 1080. The van der Waals surface area contributed by atoms with Crippen LogP contribution in [0.15, 0.2) is 48.7 Å². The number of hydrogen-bond acceptors (Lipinski definition) is 6. The van der Waals surface area contributed by atoms with Crippen molar-refractivity contribution in [1.82, 2.24) is 10.6 Å². The number of nitrogens with one attached hydrogen (secondary N) is 3. The van der Waals surface area contributed by atoms with E-state index in [1.165, 1.54) is 31.4 Å². The van der Waals surface area contributed by atoms with Crippen molar-refractivity contribution in [3.63, 3.8) is 0 Å². The molecule has 0 aliphatic heterocycles. The molecule has 0 aliphatic carbocycles. The Labute approximate surface area is 211 Å². The summed E-state index contributed by atoms with van der Waals surface area (Å²) in [5, 5.41) is 8.06. The first kappa shape index (κ1) is 27.9. The molecule has 0 saturated heterocycles. The number of amides is 3. The van der Waals surface area contributed by atoms with Crippen LogP contribution in [0.2, 0.25) is 10.0 Å². The van der Waals surface area contributed by atoms with Gasteiger partial charge < -0.3 is 30.2 Å². The van der Waals surface area contributed by atoms with Crippen molar-refractivity contribution < 1.29 is 33.0 Å². The van der Waals surface area contributed by atoms with E-state index in [-0.39, 0.29) is 55.0 Å². The zero-order valence-electron chi connectivity index (χ0n) is 18.8. The molecule has 0 spiro atoms. The van der Waals surface area contributed by atoms with Gasteiger partial charge in [0, 0.05) is 36.9 Å². The molecule has 0 aliphatic rings. The molecule has 0 atom stereocenters. The molecule has 3 amide bonds. The predicted octanol–water partition coefficient (Wildman–Crippen LogP) is 3.31. The van der Waals surface area contributed by atoms with Crippen LogP contribution in [0.25, 0.3) is 0 Å². The van der Waals surface area contributed by atoms with E-state index >= 15 is 0 Å². The van der Waals surface area contributed by atoms with Crippen LogP contribution in [0, 0.1) is 5.82 Å². The van der Waals surface area contributed by atoms with Crippen molar-refractivity contribution in [2.24, 2.45) is 0 Å². The van der Waals surface area contributed by atoms with Crippen molar-refractivity contribution >= 4 is 46.6 Å². The fraction of sp³-hybridized carbons (Fsp3) is 0.261. The SMILES string of the molecule is C=C(CCNC(=O)COc1ccc(Cl)c(F)c1)NC(=O)COc1ccc(Cl)cc1NC(=O)COC. The Morgan fingerprint density at radius 1 is 0.971 bits per heavy atom. The molecular formula is C23H24Cl2FN3O6. The highest BCUT2D eigenvalue weighted by atomic mass is 35.5. The molecule has 9 nitrogen and oxygen atoms in total. The number of benzene rings is 2. The van der Waals surface area contributed by atoms with Gasteiger partial charge in [0.1, 0.15) is 23.9 Å². The molecule has 2 aromatic rings. The lowest BCUT2D eigenvalue weighted by atomic mass is 10.3. The average molecular weight is 528 g/mol. The van der Waals surface area contributed by atoms with Gasteiger partial charge in [-0.3, -0.25) is 14.4 Å². The number of anilines is 1. The van der Waals surface area contributed by atoms with Crippen molar-refractivity contribution in [1.29, 1.82) is 0 Å². The number of carbonyl (C=O) groups is 3. The number of ether oxygens (including phenoxy) is 3. The average Bonchev–Trinajstić information content (AvgIpc) is 2.79. The summed E-state index contributed by atoms with van der Waals surface area (Å²) in [5.41, 5.74) is 0.641. The third-order valence-corrected chi connectivity index (χ3v) is 4.72. The quantitative estimate of drug-likeness (QED) is 0.368. The zero-order chi connectivity index (χ0) is 25.8. The summed E-state index contributed by atoms with van der Waals surface area (Å²) < 4.78 is 28.8. The van der Waals surface area contributed by atoms with E-state index in [1.54, 1.807) is 6.07 Å². The molecule has 0 aromatic heterocycles. The number of halogens is 3. The van der Waals surface area contributed by atoms with Gasteiger partial charge in [-0.1, -0.05) is 29.8 Å². The standard InChI is InChI=1S/C23H24Cl2FN3O6/c1-14(7-8-27-21(30)12-34-16-4-5-17(25)18(26)10-16)28-23(32)13-35-20-6-3-15(24)9-19(20)29-22(31)11-33-2/h3-6,9-10H,1,7-8,11-13H2,2H3,(H,27,30)(H,28,32)(H,29,31). The van der Waals surface area contributed by atoms with Crippen LogP contribution in [-0.4, -0.2) is 51.2 Å². The second kappa shape index (κ2) is 14.1. The molecular weight excluding hydrogens is 504 g/mol. The number of methoxy groups -OCH3 is 1. The minimum absolute atomic E-state index is 0.0461. The van der Waals surface area contributed by atoms with Gasteiger partial charge in [0.15, 0.2) is 13.2 Å². The van der Waals surface area contributed by atoms with E-state index in [1.807, 2.05) is 0 Å². The molecule has 0 unspecified atom stereocenters. The second-order valence-corrected chi connectivity index (χ2v) is 7.87. The van der Waals surface area contributed by atoms with Gasteiger partial charge in [0.25, 0.3) is 11.8 Å². The van der Waals surface area contributed by atoms with Crippen LogP contribution >= 0.6 is 23.2 Å². The van der Waals surface area contributed by atoms with Crippen LogP contribution < -0.4 is 25.4 Å². The molecule has 35 heavy (non-hydrogen) atoms. The molecule has 0 heterocycles. The molecule has 3 N–H and O–H groups in total. The third-order valence-electron chi connectivity index (χ3n) is 4.18. The lowest BCUT2D eigenvalue weighted by molar-refractivity contribution is -0.123. The van der Waals surface area contributed by atoms with Crippen LogP contribution in [0.4, 0.5) is 10.1 Å².